The highest BCUT2D eigenvalue weighted by Gasteiger charge is 2.23. The molecule has 3 rings (SSSR count). The summed E-state index contributed by atoms with van der Waals surface area (Å²) in [6.45, 7) is 2.06. The van der Waals surface area contributed by atoms with Crippen LogP contribution in [-0.4, -0.2) is 46.6 Å². The van der Waals surface area contributed by atoms with Crippen molar-refractivity contribution in [1.29, 1.82) is 0 Å². The van der Waals surface area contributed by atoms with Gasteiger partial charge in [0.2, 0.25) is 5.88 Å². The minimum Gasteiger partial charge on any atom is -0.474 e. The molecule has 126 valence electrons. The largest absolute Gasteiger partial charge is 0.474 e. The smallest absolute Gasteiger partial charge is 0.317 e. The minimum absolute atomic E-state index is 0.00594. The van der Waals surface area contributed by atoms with E-state index in [2.05, 4.69) is 27.4 Å². The van der Waals surface area contributed by atoms with Crippen molar-refractivity contribution in [2.45, 2.75) is 25.4 Å². The van der Waals surface area contributed by atoms with Crippen LogP contribution < -0.4 is 10.1 Å². The first kappa shape index (κ1) is 16.2. The lowest BCUT2D eigenvalue weighted by atomic mass is 10.1. The van der Waals surface area contributed by atoms with Gasteiger partial charge < -0.3 is 15.0 Å². The Morgan fingerprint density at radius 2 is 2.00 bits per heavy atom. The Balaban J connectivity index is 1.37. The number of carbonyl (C=O) groups excluding carboxylic acids is 1. The molecular weight excluding hydrogens is 304 g/mol. The number of amides is 2. The van der Waals surface area contributed by atoms with E-state index in [0.717, 1.165) is 19.3 Å². The van der Waals surface area contributed by atoms with Crippen LogP contribution in [0.25, 0.3) is 0 Å². The summed E-state index contributed by atoms with van der Waals surface area (Å²) in [5.74, 6) is 0.593. The van der Waals surface area contributed by atoms with E-state index in [1.807, 2.05) is 23.1 Å². The van der Waals surface area contributed by atoms with Crippen molar-refractivity contribution >= 4 is 6.03 Å². The predicted octanol–water partition coefficient (Wildman–Crippen LogP) is 2.27. The van der Waals surface area contributed by atoms with Crippen molar-refractivity contribution in [3.63, 3.8) is 0 Å². The lowest BCUT2D eigenvalue weighted by Gasteiger charge is -2.31. The molecule has 24 heavy (non-hydrogen) atoms. The molecule has 0 unspecified atom stereocenters. The molecule has 6 heteroatoms. The molecule has 1 aromatic heterocycles. The maximum Gasteiger partial charge on any atom is 0.317 e. The number of rotatable bonds is 5. The SMILES string of the molecule is O=C(NCCc1ccccc1)N1CCC(Oc2ccncn2)CC1. The van der Waals surface area contributed by atoms with Gasteiger partial charge in [-0.25, -0.2) is 14.8 Å². The molecule has 0 saturated carbocycles. The number of ether oxygens (including phenoxy) is 1. The second-order valence-electron chi connectivity index (χ2n) is 5.82. The van der Waals surface area contributed by atoms with Crippen LogP contribution in [0.1, 0.15) is 18.4 Å². The van der Waals surface area contributed by atoms with Crippen molar-refractivity contribution in [3.8, 4) is 5.88 Å². The van der Waals surface area contributed by atoms with Crippen LogP contribution in [0.4, 0.5) is 4.79 Å². The molecule has 1 aliphatic heterocycles. The van der Waals surface area contributed by atoms with Crippen LogP contribution in [0.5, 0.6) is 5.88 Å². The Morgan fingerprint density at radius 3 is 2.71 bits per heavy atom. The molecule has 0 aliphatic carbocycles. The van der Waals surface area contributed by atoms with E-state index in [1.54, 1.807) is 12.3 Å². The topological polar surface area (TPSA) is 67.4 Å². The first-order valence-electron chi connectivity index (χ1n) is 8.30. The minimum atomic E-state index is 0.00594. The average molecular weight is 326 g/mol. The van der Waals surface area contributed by atoms with Crippen molar-refractivity contribution in [3.05, 3.63) is 54.5 Å². The first-order chi connectivity index (χ1) is 11.8. The lowest BCUT2D eigenvalue weighted by molar-refractivity contribution is 0.107. The van der Waals surface area contributed by atoms with Crippen LogP contribution in [0.3, 0.4) is 0 Å². The third-order valence-corrected chi connectivity index (χ3v) is 4.10. The quantitative estimate of drug-likeness (QED) is 0.915. The van der Waals surface area contributed by atoms with E-state index in [1.165, 1.54) is 11.9 Å². The highest BCUT2D eigenvalue weighted by Crippen LogP contribution is 2.16. The van der Waals surface area contributed by atoms with Crippen molar-refractivity contribution in [2.75, 3.05) is 19.6 Å². The third kappa shape index (κ3) is 4.68. The van der Waals surface area contributed by atoms with E-state index >= 15 is 0 Å². The Kier molecular flexibility index (Phi) is 5.61. The molecule has 0 bridgehead atoms. The number of piperidine rings is 1. The van der Waals surface area contributed by atoms with Gasteiger partial charge in [0.1, 0.15) is 12.4 Å². The Labute approximate surface area is 141 Å². The van der Waals surface area contributed by atoms with Crippen LogP contribution in [-0.2, 0) is 6.42 Å². The molecule has 1 fully saturated rings. The van der Waals surface area contributed by atoms with Crippen LogP contribution in [0.15, 0.2) is 48.9 Å². The zero-order valence-corrected chi connectivity index (χ0v) is 13.6. The summed E-state index contributed by atoms with van der Waals surface area (Å²) in [5, 5.41) is 2.99. The molecular formula is C18H22N4O2. The molecule has 0 atom stereocenters. The summed E-state index contributed by atoms with van der Waals surface area (Å²) < 4.78 is 5.81. The summed E-state index contributed by atoms with van der Waals surface area (Å²) >= 11 is 0. The van der Waals surface area contributed by atoms with E-state index in [4.69, 9.17) is 4.74 Å². The first-order valence-corrected chi connectivity index (χ1v) is 8.30. The molecule has 0 radical (unpaired) electrons. The fourth-order valence-electron chi connectivity index (χ4n) is 2.77. The number of aromatic nitrogens is 2. The molecule has 1 saturated heterocycles. The second-order valence-corrected chi connectivity index (χ2v) is 5.82. The average Bonchev–Trinajstić information content (AvgIpc) is 2.64. The van der Waals surface area contributed by atoms with Gasteiger partial charge in [0.15, 0.2) is 0 Å². The normalized spacial score (nSPS) is 15.1. The fraction of sp³-hybridized carbons (Fsp3) is 0.389. The molecule has 1 N–H and O–H groups in total. The van der Waals surface area contributed by atoms with E-state index in [9.17, 15) is 4.79 Å². The number of hydrogen-bond acceptors (Lipinski definition) is 4. The fourth-order valence-corrected chi connectivity index (χ4v) is 2.77. The van der Waals surface area contributed by atoms with Crippen LogP contribution in [0.2, 0.25) is 0 Å². The molecule has 2 aromatic rings. The van der Waals surface area contributed by atoms with Gasteiger partial charge in [-0.15, -0.1) is 0 Å². The number of benzene rings is 1. The van der Waals surface area contributed by atoms with Gasteiger partial charge in [-0.3, -0.25) is 0 Å². The third-order valence-electron chi connectivity index (χ3n) is 4.10. The molecule has 0 spiro atoms. The monoisotopic (exact) mass is 326 g/mol. The van der Waals surface area contributed by atoms with Gasteiger partial charge in [-0.05, 0) is 12.0 Å². The highest BCUT2D eigenvalue weighted by molar-refractivity contribution is 5.74. The van der Waals surface area contributed by atoms with E-state index in [0.29, 0.717) is 25.5 Å². The standard InChI is InChI=1S/C18H22N4O2/c23-18(20-11-6-15-4-2-1-3-5-15)22-12-8-16(9-13-22)24-17-7-10-19-14-21-17/h1-5,7,10,14,16H,6,8-9,11-13H2,(H,20,23). The summed E-state index contributed by atoms with van der Waals surface area (Å²) in [5.41, 5.74) is 1.23. The van der Waals surface area contributed by atoms with Gasteiger partial charge in [0.25, 0.3) is 0 Å². The van der Waals surface area contributed by atoms with Gasteiger partial charge in [-0.2, -0.15) is 0 Å². The number of hydrogen-bond donors (Lipinski definition) is 1. The molecule has 2 heterocycles. The van der Waals surface area contributed by atoms with E-state index in [-0.39, 0.29) is 12.1 Å². The molecule has 1 aliphatic rings. The molecule has 6 nitrogen and oxygen atoms in total. The van der Waals surface area contributed by atoms with Crippen molar-refractivity contribution in [1.82, 2.24) is 20.2 Å². The van der Waals surface area contributed by atoms with Gasteiger partial charge in [0, 0.05) is 44.7 Å². The molecule has 2 amide bonds. The van der Waals surface area contributed by atoms with Crippen LogP contribution >= 0.6 is 0 Å². The highest BCUT2D eigenvalue weighted by atomic mass is 16.5. The maximum atomic E-state index is 12.2. The Morgan fingerprint density at radius 1 is 1.21 bits per heavy atom. The predicted molar refractivity (Wildman–Crippen MR) is 90.8 cm³/mol. The van der Waals surface area contributed by atoms with Crippen molar-refractivity contribution in [2.24, 2.45) is 0 Å². The molecule has 1 aromatic carbocycles. The Hall–Kier alpha value is -2.63. The summed E-state index contributed by atoms with van der Waals surface area (Å²) in [7, 11) is 0. The second kappa shape index (κ2) is 8.29. The lowest BCUT2D eigenvalue weighted by Crippen LogP contribution is -2.46. The number of carbonyl (C=O) groups is 1. The summed E-state index contributed by atoms with van der Waals surface area (Å²) in [6.07, 6.45) is 5.72. The van der Waals surface area contributed by atoms with Gasteiger partial charge in [0.05, 0.1) is 0 Å². The van der Waals surface area contributed by atoms with E-state index < -0.39 is 0 Å². The number of nitrogens with zero attached hydrogens (tertiary/aromatic N) is 3. The van der Waals surface area contributed by atoms with Crippen molar-refractivity contribution < 1.29 is 9.53 Å². The number of urea groups is 1. The van der Waals surface area contributed by atoms with Gasteiger partial charge >= 0.3 is 6.03 Å². The Bertz CT molecular complexity index is 628. The van der Waals surface area contributed by atoms with Crippen LogP contribution in [0, 0.1) is 0 Å². The number of likely N-dealkylation sites (tertiary alicyclic amines) is 1. The summed E-state index contributed by atoms with van der Waals surface area (Å²) in [4.78, 5) is 22.0. The van der Waals surface area contributed by atoms with Gasteiger partial charge in [-0.1, -0.05) is 30.3 Å². The zero-order valence-electron chi connectivity index (χ0n) is 13.6. The zero-order chi connectivity index (χ0) is 16.6. The summed E-state index contributed by atoms with van der Waals surface area (Å²) in [6, 6.07) is 11.9. The maximum absolute atomic E-state index is 12.2. The number of nitrogens with one attached hydrogen (secondary N) is 1.